The number of urea groups is 1. The fourth-order valence-electron chi connectivity index (χ4n) is 4.08. The molecule has 7 nitrogen and oxygen atoms in total. The SMILES string of the molecule is COc1ccc(NC(=O)N2CCC3(CC2)CN(c2ccccc2)C3=O)cc1OC. The van der Waals surface area contributed by atoms with Gasteiger partial charge >= 0.3 is 6.03 Å². The van der Waals surface area contributed by atoms with Gasteiger partial charge in [0.25, 0.3) is 0 Å². The molecule has 0 atom stereocenters. The molecule has 2 aliphatic rings. The molecule has 0 aromatic heterocycles. The van der Waals surface area contributed by atoms with E-state index in [-0.39, 0.29) is 17.4 Å². The number of hydrogen-bond donors (Lipinski definition) is 1. The predicted molar refractivity (Wildman–Crippen MR) is 111 cm³/mol. The minimum absolute atomic E-state index is 0.168. The maximum atomic E-state index is 12.8. The second-order valence-electron chi connectivity index (χ2n) is 7.49. The number of piperidine rings is 1. The third-order valence-corrected chi connectivity index (χ3v) is 5.87. The third kappa shape index (κ3) is 3.48. The Balaban J connectivity index is 1.34. The van der Waals surface area contributed by atoms with Gasteiger partial charge in [0.05, 0.1) is 19.6 Å². The molecule has 2 saturated heterocycles. The van der Waals surface area contributed by atoms with Crippen LogP contribution in [0.5, 0.6) is 11.5 Å². The van der Waals surface area contributed by atoms with E-state index in [1.807, 2.05) is 35.2 Å². The fourth-order valence-corrected chi connectivity index (χ4v) is 4.08. The first kappa shape index (κ1) is 19.1. The summed E-state index contributed by atoms with van der Waals surface area (Å²) in [7, 11) is 3.13. The average molecular weight is 395 g/mol. The van der Waals surface area contributed by atoms with E-state index in [4.69, 9.17) is 9.47 Å². The monoisotopic (exact) mass is 395 g/mol. The smallest absolute Gasteiger partial charge is 0.321 e. The van der Waals surface area contributed by atoms with Crippen molar-refractivity contribution in [2.45, 2.75) is 12.8 Å². The topological polar surface area (TPSA) is 71.1 Å². The van der Waals surface area contributed by atoms with E-state index in [0.29, 0.717) is 43.1 Å². The molecular formula is C22H25N3O4. The number of rotatable bonds is 4. The average Bonchev–Trinajstić information content (AvgIpc) is 2.78. The van der Waals surface area contributed by atoms with Crippen molar-refractivity contribution in [3.05, 3.63) is 48.5 Å². The highest BCUT2D eigenvalue weighted by Crippen LogP contribution is 2.44. The number of nitrogens with one attached hydrogen (secondary N) is 1. The van der Waals surface area contributed by atoms with Gasteiger partial charge in [0.15, 0.2) is 11.5 Å². The normalized spacial score (nSPS) is 17.7. The molecule has 4 rings (SSSR count). The molecular weight excluding hydrogens is 370 g/mol. The van der Waals surface area contributed by atoms with E-state index in [0.717, 1.165) is 12.2 Å². The molecule has 2 heterocycles. The molecule has 152 valence electrons. The first-order valence-corrected chi connectivity index (χ1v) is 9.71. The Morgan fingerprint density at radius 3 is 2.31 bits per heavy atom. The van der Waals surface area contributed by atoms with Crippen LogP contribution in [-0.4, -0.2) is 50.7 Å². The van der Waals surface area contributed by atoms with E-state index < -0.39 is 0 Å². The van der Waals surface area contributed by atoms with Crippen LogP contribution in [0.15, 0.2) is 48.5 Å². The van der Waals surface area contributed by atoms with Crippen molar-refractivity contribution >= 4 is 23.3 Å². The summed E-state index contributed by atoms with van der Waals surface area (Å²) in [4.78, 5) is 29.1. The molecule has 2 fully saturated rings. The summed E-state index contributed by atoms with van der Waals surface area (Å²) in [5, 5.41) is 2.90. The largest absolute Gasteiger partial charge is 0.493 e. The van der Waals surface area contributed by atoms with Crippen molar-refractivity contribution in [1.82, 2.24) is 4.90 Å². The zero-order valence-corrected chi connectivity index (χ0v) is 16.7. The second-order valence-corrected chi connectivity index (χ2v) is 7.49. The maximum absolute atomic E-state index is 12.8. The molecule has 0 aliphatic carbocycles. The van der Waals surface area contributed by atoms with E-state index in [1.54, 1.807) is 37.3 Å². The molecule has 0 radical (unpaired) electrons. The van der Waals surface area contributed by atoms with E-state index in [1.165, 1.54) is 0 Å². The van der Waals surface area contributed by atoms with Crippen molar-refractivity contribution in [1.29, 1.82) is 0 Å². The zero-order valence-electron chi connectivity index (χ0n) is 16.7. The van der Waals surface area contributed by atoms with Gasteiger partial charge in [-0.25, -0.2) is 4.79 Å². The molecule has 0 bridgehead atoms. The van der Waals surface area contributed by atoms with Gasteiger partial charge in [-0.15, -0.1) is 0 Å². The maximum Gasteiger partial charge on any atom is 0.321 e. The highest BCUT2D eigenvalue weighted by molar-refractivity contribution is 6.04. The lowest BCUT2D eigenvalue weighted by Crippen LogP contribution is -2.65. The number of carbonyl (C=O) groups is 2. The van der Waals surface area contributed by atoms with Crippen LogP contribution in [0.4, 0.5) is 16.2 Å². The van der Waals surface area contributed by atoms with Gasteiger partial charge in [-0.05, 0) is 37.1 Å². The quantitative estimate of drug-likeness (QED) is 0.806. The van der Waals surface area contributed by atoms with Crippen LogP contribution >= 0.6 is 0 Å². The van der Waals surface area contributed by atoms with Gasteiger partial charge in [-0.1, -0.05) is 18.2 Å². The Labute approximate surface area is 170 Å². The number of nitrogens with zero attached hydrogens (tertiary/aromatic N) is 2. The number of amides is 3. The van der Waals surface area contributed by atoms with Gasteiger partial charge in [-0.2, -0.15) is 0 Å². The predicted octanol–water partition coefficient (Wildman–Crippen LogP) is 3.36. The van der Waals surface area contributed by atoms with Crippen molar-refractivity contribution in [2.75, 3.05) is 44.1 Å². The van der Waals surface area contributed by atoms with Crippen LogP contribution < -0.4 is 19.7 Å². The summed E-state index contributed by atoms with van der Waals surface area (Å²) in [5.41, 5.74) is 1.26. The molecule has 29 heavy (non-hydrogen) atoms. The van der Waals surface area contributed by atoms with Crippen LogP contribution in [0.3, 0.4) is 0 Å². The molecule has 0 unspecified atom stereocenters. The van der Waals surface area contributed by atoms with E-state index in [2.05, 4.69) is 5.32 Å². The molecule has 2 aromatic rings. The lowest BCUT2D eigenvalue weighted by Gasteiger charge is -2.52. The van der Waals surface area contributed by atoms with Gasteiger partial charge in [0.1, 0.15) is 0 Å². The fraction of sp³-hybridized carbons (Fsp3) is 0.364. The van der Waals surface area contributed by atoms with Crippen molar-refractivity contribution in [2.24, 2.45) is 5.41 Å². The van der Waals surface area contributed by atoms with Crippen molar-refractivity contribution in [3.8, 4) is 11.5 Å². The van der Waals surface area contributed by atoms with Gasteiger partial charge in [0.2, 0.25) is 5.91 Å². The minimum Gasteiger partial charge on any atom is -0.493 e. The number of methoxy groups -OCH3 is 2. The Bertz CT molecular complexity index is 908. The molecule has 3 amide bonds. The number of hydrogen-bond acceptors (Lipinski definition) is 4. The second kappa shape index (κ2) is 7.66. The summed E-state index contributed by atoms with van der Waals surface area (Å²) >= 11 is 0. The number of carbonyl (C=O) groups excluding carboxylic acids is 2. The summed E-state index contributed by atoms with van der Waals surface area (Å²) in [6.45, 7) is 1.85. The van der Waals surface area contributed by atoms with Crippen LogP contribution in [0.25, 0.3) is 0 Å². The van der Waals surface area contributed by atoms with Crippen molar-refractivity contribution < 1.29 is 19.1 Å². The first-order chi connectivity index (χ1) is 14.1. The Kier molecular flexibility index (Phi) is 5.05. The number of benzene rings is 2. The summed E-state index contributed by atoms with van der Waals surface area (Å²) in [6, 6.07) is 14.8. The van der Waals surface area contributed by atoms with Crippen LogP contribution in [0, 0.1) is 5.41 Å². The lowest BCUT2D eigenvalue weighted by atomic mass is 9.71. The molecule has 1 spiro atoms. The van der Waals surface area contributed by atoms with Crippen LogP contribution in [-0.2, 0) is 4.79 Å². The number of ether oxygens (including phenoxy) is 2. The van der Waals surface area contributed by atoms with Gasteiger partial charge in [-0.3, -0.25) is 4.79 Å². The molecule has 2 aliphatic heterocycles. The summed E-state index contributed by atoms with van der Waals surface area (Å²) < 4.78 is 10.5. The number of likely N-dealkylation sites (tertiary alicyclic amines) is 1. The highest BCUT2D eigenvalue weighted by atomic mass is 16.5. The van der Waals surface area contributed by atoms with E-state index >= 15 is 0 Å². The van der Waals surface area contributed by atoms with Gasteiger partial charge < -0.3 is 24.6 Å². The Morgan fingerprint density at radius 1 is 1.00 bits per heavy atom. The minimum atomic E-state index is -0.323. The van der Waals surface area contributed by atoms with Gasteiger partial charge in [0, 0.05) is 37.1 Å². The summed E-state index contributed by atoms with van der Waals surface area (Å²) in [5.74, 6) is 1.34. The molecule has 2 aromatic carbocycles. The molecule has 0 saturated carbocycles. The third-order valence-electron chi connectivity index (χ3n) is 5.87. The number of para-hydroxylation sites is 1. The Morgan fingerprint density at radius 2 is 1.69 bits per heavy atom. The summed E-state index contributed by atoms with van der Waals surface area (Å²) in [6.07, 6.45) is 1.38. The Hall–Kier alpha value is -3.22. The van der Waals surface area contributed by atoms with E-state index in [9.17, 15) is 9.59 Å². The highest BCUT2D eigenvalue weighted by Gasteiger charge is 2.53. The first-order valence-electron chi connectivity index (χ1n) is 9.71. The number of anilines is 2. The number of β-lactam (4-membered cyclic amide) rings is 1. The van der Waals surface area contributed by atoms with Crippen LogP contribution in [0.2, 0.25) is 0 Å². The standard InChI is InChI=1S/C22H25N3O4/c1-28-18-9-8-16(14-19(18)29-2)23-21(27)24-12-10-22(11-13-24)15-25(20(22)26)17-6-4-3-5-7-17/h3-9,14H,10-13,15H2,1-2H3,(H,23,27). The van der Waals surface area contributed by atoms with Crippen molar-refractivity contribution in [3.63, 3.8) is 0 Å². The lowest BCUT2D eigenvalue weighted by molar-refractivity contribution is -0.138. The molecule has 1 N–H and O–H groups in total. The van der Waals surface area contributed by atoms with Crippen LogP contribution in [0.1, 0.15) is 12.8 Å². The molecule has 7 heteroatoms. The zero-order chi connectivity index (χ0) is 20.4.